The van der Waals surface area contributed by atoms with E-state index in [0.717, 1.165) is 0 Å². The smallest absolute Gasteiger partial charge is 0.219 e. The standard InChI is InChI=1S/C8H16O7/c9-1-2-14-4-8(13)7(12)6(11)5(3-10)15-8/h5-7,9-13H,1-4H2/t5-,6-,7+,8?/m1/s1/i2D/t2?,5-,6-,7+,8?. The topological polar surface area (TPSA) is 120 Å². The van der Waals surface area contributed by atoms with Crippen molar-refractivity contribution in [3.8, 4) is 0 Å². The van der Waals surface area contributed by atoms with Crippen molar-refractivity contribution in [2.75, 3.05) is 26.4 Å². The highest BCUT2D eigenvalue weighted by molar-refractivity contribution is 4.95. The molecule has 1 aliphatic rings. The van der Waals surface area contributed by atoms with Crippen molar-refractivity contribution in [2.45, 2.75) is 24.1 Å². The Morgan fingerprint density at radius 1 is 1.40 bits per heavy atom. The lowest BCUT2D eigenvalue weighted by Gasteiger charge is -2.25. The van der Waals surface area contributed by atoms with E-state index in [9.17, 15) is 15.3 Å². The lowest BCUT2D eigenvalue weighted by atomic mass is 10.1. The van der Waals surface area contributed by atoms with Crippen LogP contribution < -0.4 is 0 Å². The zero-order valence-electron chi connectivity index (χ0n) is 8.98. The van der Waals surface area contributed by atoms with Gasteiger partial charge in [0, 0.05) is 0 Å². The van der Waals surface area contributed by atoms with Gasteiger partial charge in [-0.25, -0.2) is 0 Å². The normalized spacial score (nSPS) is 44.1. The van der Waals surface area contributed by atoms with Crippen LogP contribution in [0, 0.1) is 0 Å². The van der Waals surface area contributed by atoms with E-state index in [4.69, 9.17) is 16.3 Å². The van der Waals surface area contributed by atoms with E-state index < -0.39 is 50.5 Å². The molecule has 0 aromatic heterocycles. The third-order valence-electron chi connectivity index (χ3n) is 2.18. The van der Waals surface area contributed by atoms with E-state index >= 15 is 0 Å². The zero-order valence-corrected chi connectivity index (χ0v) is 7.98. The summed E-state index contributed by atoms with van der Waals surface area (Å²) in [5.41, 5.74) is 0. The van der Waals surface area contributed by atoms with Crippen LogP contribution in [0.3, 0.4) is 0 Å². The average Bonchev–Trinajstić information content (AvgIpc) is 2.51. The molecule has 1 fully saturated rings. The second-order valence-corrected chi connectivity index (χ2v) is 3.28. The summed E-state index contributed by atoms with van der Waals surface area (Å²) in [5, 5.41) is 45.9. The van der Waals surface area contributed by atoms with Crippen molar-refractivity contribution in [1.29, 1.82) is 0 Å². The highest BCUT2D eigenvalue weighted by Gasteiger charge is 2.53. The molecule has 0 spiro atoms. The molecule has 5 N–H and O–H groups in total. The minimum atomic E-state index is -2.18. The van der Waals surface area contributed by atoms with E-state index in [0.29, 0.717) is 0 Å². The molecule has 1 aliphatic heterocycles. The van der Waals surface area contributed by atoms with Crippen molar-refractivity contribution in [3.05, 3.63) is 0 Å². The molecule has 0 saturated carbocycles. The summed E-state index contributed by atoms with van der Waals surface area (Å²) in [6.07, 6.45) is -4.19. The Kier molecular flexibility index (Phi) is 3.87. The lowest BCUT2D eigenvalue weighted by Crippen LogP contribution is -2.47. The van der Waals surface area contributed by atoms with E-state index in [1.807, 2.05) is 0 Å². The van der Waals surface area contributed by atoms with Crippen LogP contribution in [0.5, 0.6) is 0 Å². The fourth-order valence-corrected chi connectivity index (χ4v) is 1.37. The van der Waals surface area contributed by atoms with Crippen molar-refractivity contribution in [2.24, 2.45) is 0 Å². The number of hydrogen-bond donors (Lipinski definition) is 5. The largest absolute Gasteiger partial charge is 0.394 e. The molecule has 1 saturated heterocycles. The van der Waals surface area contributed by atoms with Crippen molar-refractivity contribution in [1.82, 2.24) is 0 Å². The van der Waals surface area contributed by atoms with Gasteiger partial charge in [0.2, 0.25) is 5.79 Å². The average molecular weight is 225 g/mol. The van der Waals surface area contributed by atoms with Crippen LogP contribution in [0.15, 0.2) is 0 Å². The molecule has 90 valence electrons. The van der Waals surface area contributed by atoms with E-state index in [2.05, 4.69) is 4.74 Å². The third kappa shape index (κ3) is 2.64. The Bertz CT molecular complexity index is 228. The summed E-state index contributed by atoms with van der Waals surface area (Å²) >= 11 is 0. The minimum absolute atomic E-state index is 0.565. The molecular weight excluding hydrogens is 208 g/mol. The van der Waals surface area contributed by atoms with Crippen LogP contribution in [-0.2, 0) is 9.47 Å². The first-order valence-corrected chi connectivity index (χ1v) is 4.46. The van der Waals surface area contributed by atoms with Gasteiger partial charge in [-0.1, -0.05) is 0 Å². The number of aliphatic hydroxyl groups excluding tert-OH is 4. The van der Waals surface area contributed by atoms with Crippen LogP contribution in [0.1, 0.15) is 1.37 Å². The van der Waals surface area contributed by atoms with Crippen LogP contribution in [-0.4, -0.2) is 76.0 Å². The van der Waals surface area contributed by atoms with Gasteiger partial charge in [-0.3, -0.25) is 0 Å². The highest BCUT2D eigenvalue weighted by Crippen LogP contribution is 2.29. The number of rotatable bonds is 5. The summed E-state index contributed by atoms with van der Waals surface area (Å²) in [6, 6.07) is 0. The van der Waals surface area contributed by atoms with E-state index in [1.54, 1.807) is 0 Å². The van der Waals surface area contributed by atoms with Crippen LogP contribution >= 0.6 is 0 Å². The quantitative estimate of drug-likeness (QED) is 0.334. The molecule has 0 aromatic carbocycles. The fraction of sp³-hybridized carbons (Fsp3) is 1.00. The predicted molar refractivity (Wildman–Crippen MR) is 46.8 cm³/mol. The van der Waals surface area contributed by atoms with Crippen LogP contribution in [0.4, 0.5) is 0 Å². The summed E-state index contributed by atoms with van der Waals surface area (Å²) in [6.45, 7) is -3.00. The van der Waals surface area contributed by atoms with Gasteiger partial charge in [-0.2, -0.15) is 0 Å². The number of ether oxygens (including phenoxy) is 2. The van der Waals surface area contributed by atoms with Crippen molar-refractivity contribution in [3.63, 3.8) is 0 Å². The Morgan fingerprint density at radius 2 is 2.07 bits per heavy atom. The molecule has 0 amide bonds. The van der Waals surface area contributed by atoms with Crippen LogP contribution in [0.25, 0.3) is 0 Å². The van der Waals surface area contributed by atoms with Gasteiger partial charge in [0.05, 0.1) is 21.2 Å². The van der Waals surface area contributed by atoms with Gasteiger partial charge in [0.1, 0.15) is 24.9 Å². The Labute approximate surface area is 87.9 Å². The molecule has 7 heteroatoms. The monoisotopic (exact) mass is 225 g/mol. The molecule has 0 aromatic rings. The molecule has 0 radical (unpaired) electrons. The molecule has 2 unspecified atom stereocenters. The molecule has 15 heavy (non-hydrogen) atoms. The van der Waals surface area contributed by atoms with Gasteiger partial charge >= 0.3 is 0 Å². The SMILES string of the molecule is [2H]C(CO)OCC1(O)O[C@H](CO)[C@@H](O)[C@@H]1O. The van der Waals surface area contributed by atoms with E-state index in [-0.39, 0.29) is 0 Å². The first-order chi connectivity index (χ1) is 7.44. The zero-order chi connectivity index (χ0) is 12.3. The summed E-state index contributed by atoms with van der Waals surface area (Å²) in [5.74, 6) is -2.18. The maximum absolute atomic E-state index is 9.74. The number of hydrogen-bond acceptors (Lipinski definition) is 7. The first kappa shape index (κ1) is 11.2. The maximum Gasteiger partial charge on any atom is 0.219 e. The van der Waals surface area contributed by atoms with Gasteiger partial charge in [-0.05, 0) is 0 Å². The Morgan fingerprint density at radius 3 is 2.53 bits per heavy atom. The summed E-state index contributed by atoms with van der Waals surface area (Å²) in [4.78, 5) is 0. The molecule has 0 aliphatic carbocycles. The first-order valence-electron chi connectivity index (χ1n) is 5.04. The Balaban J connectivity index is 2.57. The molecular formula is C8H16O7. The maximum atomic E-state index is 9.74. The number of aliphatic hydroxyl groups is 5. The van der Waals surface area contributed by atoms with Gasteiger partial charge in [0.25, 0.3) is 0 Å². The summed E-state index contributed by atoms with van der Waals surface area (Å²) < 4.78 is 16.6. The molecule has 1 rings (SSSR count). The summed E-state index contributed by atoms with van der Waals surface area (Å²) in [7, 11) is 0. The minimum Gasteiger partial charge on any atom is -0.394 e. The second kappa shape index (κ2) is 5.17. The Hall–Kier alpha value is -0.280. The molecule has 7 nitrogen and oxygen atoms in total. The highest BCUT2D eigenvalue weighted by atomic mass is 16.7. The fourth-order valence-electron chi connectivity index (χ4n) is 1.37. The molecule has 1 heterocycles. The van der Waals surface area contributed by atoms with Gasteiger partial charge in [0.15, 0.2) is 0 Å². The molecule has 5 atom stereocenters. The lowest BCUT2D eigenvalue weighted by molar-refractivity contribution is -0.255. The third-order valence-corrected chi connectivity index (χ3v) is 2.18. The van der Waals surface area contributed by atoms with Gasteiger partial charge < -0.3 is 35.0 Å². The second-order valence-electron chi connectivity index (χ2n) is 3.28. The van der Waals surface area contributed by atoms with Crippen LogP contribution in [0.2, 0.25) is 0 Å². The van der Waals surface area contributed by atoms with Crippen molar-refractivity contribution < 1.29 is 36.4 Å². The van der Waals surface area contributed by atoms with Crippen molar-refractivity contribution >= 4 is 0 Å². The predicted octanol–water partition coefficient (Wildman–Crippen LogP) is -3.20. The molecule has 0 bridgehead atoms. The van der Waals surface area contributed by atoms with Gasteiger partial charge in [-0.15, -0.1) is 0 Å². The van der Waals surface area contributed by atoms with E-state index in [1.165, 1.54) is 0 Å².